The SMILES string of the molecule is CC(=O)NC(C)c1ccc(OC2CCN(c3ccc(OCC4CC4)cc3)C2)nc1. The number of rotatable bonds is 8. The first-order valence-electron chi connectivity index (χ1n) is 10.4. The predicted octanol–water partition coefficient (Wildman–Crippen LogP) is 3.73. The van der Waals surface area contributed by atoms with Crippen molar-refractivity contribution in [2.24, 2.45) is 5.92 Å². The molecule has 154 valence electrons. The van der Waals surface area contributed by atoms with Crippen LogP contribution >= 0.6 is 0 Å². The van der Waals surface area contributed by atoms with Crippen molar-refractivity contribution in [1.29, 1.82) is 0 Å². The van der Waals surface area contributed by atoms with Crippen molar-refractivity contribution >= 4 is 11.6 Å². The Balaban J connectivity index is 1.27. The predicted molar refractivity (Wildman–Crippen MR) is 112 cm³/mol. The molecule has 0 radical (unpaired) electrons. The van der Waals surface area contributed by atoms with Crippen LogP contribution in [0.4, 0.5) is 5.69 Å². The van der Waals surface area contributed by atoms with Gasteiger partial charge in [0.05, 0.1) is 19.2 Å². The maximum Gasteiger partial charge on any atom is 0.217 e. The number of amides is 1. The maximum absolute atomic E-state index is 11.2. The highest BCUT2D eigenvalue weighted by Crippen LogP contribution is 2.30. The molecule has 4 rings (SSSR count). The van der Waals surface area contributed by atoms with Gasteiger partial charge in [0.15, 0.2) is 0 Å². The Morgan fingerprint density at radius 1 is 1.21 bits per heavy atom. The molecule has 2 heterocycles. The van der Waals surface area contributed by atoms with Gasteiger partial charge < -0.3 is 19.7 Å². The summed E-state index contributed by atoms with van der Waals surface area (Å²) >= 11 is 0. The van der Waals surface area contributed by atoms with Crippen LogP contribution < -0.4 is 19.7 Å². The Kier molecular flexibility index (Phi) is 5.88. The second-order valence-electron chi connectivity index (χ2n) is 8.07. The molecule has 2 fully saturated rings. The Morgan fingerprint density at radius 3 is 2.66 bits per heavy atom. The van der Waals surface area contributed by atoms with Crippen molar-refractivity contribution < 1.29 is 14.3 Å². The molecule has 6 heteroatoms. The summed E-state index contributed by atoms with van der Waals surface area (Å²) in [7, 11) is 0. The van der Waals surface area contributed by atoms with E-state index in [-0.39, 0.29) is 18.1 Å². The molecule has 1 aliphatic carbocycles. The fourth-order valence-electron chi connectivity index (χ4n) is 3.59. The molecule has 6 nitrogen and oxygen atoms in total. The van der Waals surface area contributed by atoms with E-state index in [4.69, 9.17) is 9.47 Å². The number of ether oxygens (including phenoxy) is 2. The quantitative estimate of drug-likeness (QED) is 0.738. The van der Waals surface area contributed by atoms with E-state index >= 15 is 0 Å². The molecule has 1 aliphatic heterocycles. The average Bonchev–Trinajstić information content (AvgIpc) is 3.44. The molecule has 1 aromatic carbocycles. The molecule has 0 spiro atoms. The number of nitrogens with one attached hydrogen (secondary N) is 1. The lowest BCUT2D eigenvalue weighted by molar-refractivity contribution is -0.119. The van der Waals surface area contributed by atoms with Gasteiger partial charge in [-0.25, -0.2) is 4.98 Å². The average molecular weight is 396 g/mol. The molecule has 1 saturated heterocycles. The van der Waals surface area contributed by atoms with Crippen molar-refractivity contribution in [3.8, 4) is 11.6 Å². The maximum atomic E-state index is 11.2. The number of benzene rings is 1. The molecule has 29 heavy (non-hydrogen) atoms. The van der Waals surface area contributed by atoms with Gasteiger partial charge in [0.2, 0.25) is 11.8 Å². The van der Waals surface area contributed by atoms with Gasteiger partial charge >= 0.3 is 0 Å². The number of carbonyl (C=O) groups is 1. The van der Waals surface area contributed by atoms with Gasteiger partial charge in [-0.05, 0) is 55.5 Å². The molecule has 1 amide bonds. The van der Waals surface area contributed by atoms with Crippen LogP contribution in [0.3, 0.4) is 0 Å². The highest BCUT2D eigenvalue weighted by atomic mass is 16.5. The van der Waals surface area contributed by atoms with E-state index in [1.54, 1.807) is 6.20 Å². The Bertz CT molecular complexity index is 818. The third-order valence-electron chi connectivity index (χ3n) is 5.50. The van der Waals surface area contributed by atoms with Gasteiger partial charge in [0.25, 0.3) is 0 Å². The van der Waals surface area contributed by atoms with E-state index in [9.17, 15) is 4.79 Å². The van der Waals surface area contributed by atoms with Crippen LogP contribution in [0.5, 0.6) is 11.6 Å². The van der Waals surface area contributed by atoms with Gasteiger partial charge in [0, 0.05) is 37.8 Å². The van der Waals surface area contributed by atoms with Crippen LogP contribution in [-0.2, 0) is 4.79 Å². The summed E-state index contributed by atoms with van der Waals surface area (Å²) in [6, 6.07) is 12.1. The van der Waals surface area contributed by atoms with Gasteiger partial charge in [-0.2, -0.15) is 0 Å². The minimum Gasteiger partial charge on any atom is -0.493 e. The monoisotopic (exact) mass is 395 g/mol. The van der Waals surface area contributed by atoms with Crippen LogP contribution in [0.25, 0.3) is 0 Å². The molecule has 1 N–H and O–H groups in total. The van der Waals surface area contributed by atoms with Crippen molar-refractivity contribution in [2.45, 2.75) is 45.3 Å². The normalized spacial score (nSPS) is 19.7. The molecule has 2 atom stereocenters. The molecular formula is C23H29N3O3. The fourth-order valence-corrected chi connectivity index (χ4v) is 3.59. The van der Waals surface area contributed by atoms with Gasteiger partial charge in [-0.1, -0.05) is 6.07 Å². The molecule has 2 aromatic rings. The summed E-state index contributed by atoms with van der Waals surface area (Å²) in [5, 5.41) is 2.86. The standard InChI is InChI=1S/C23H29N3O3/c1-16(25-17(2)27)19-5-10-23(24-13-19)29-22-11-12-26(14-22)20-6-8-21(9-7-20)28-15-18-3-4-18/h5-10,13,16,18,22H,3-4,11-12,14-15H2,1-2H3,(H,25,27). The van der Waals surface area contributed by atoms with E-state index < -0.39 is 0 Å². The lowest BCUT2D eigenvalue weighted by atomic mass is 10.1. The molecule has 1 saturated carbocycles. The van der Waals surface area contributed by atoms with Crippen LogP contribution in [0.15, 0.2) is 42.6 Å². The minimum atomic E-state index is -0.0627. The van der Waals surface area contributed by atoms with Gasteiger partial charge in [-0.3, -0.25) is 4.79 Å². The van der Waals surface area contributed by atoms with Crippen molar-refractivity contribution in [3.63, 3.8) is 0 Å². The van der Waals surface area contributed by atoms with E-state index in [1.165, 1.54) is 25.5 Å². The summed E-state index contributed by atoms with van der Waals surface area (Å²) < 4.78 is 11.9. The summed E-state index contributed by atoms with van der Waals surface area (Å²) in [5.41, 5.74) is 2.16. The zero-order valence-corrected chi connectivity index (χ0v) is 17.1. The highest BCUT2D eigenvalue weighted by molar-refractivity contribution is 5.73. The number of hydrogen-bond donors (Lipinski definition) is 1. The third kappa shape index (κ3) is 5.40. The smallest absolute Gasteiger partial charge is 0.217 e. The van der Waals surface area contributed by atoms with Crippen molar-refractivity contribution in [2.75, 3.05) is 24.6 Å². The second-order valence-corrected chi connectivity index (χ2v) is 8.07. The zero-order valence-electron chi connectivity index (χ0n) is 17.1. The Hall–Kier alpha value is -2.76. The topological polar surface area (TPSA) is 63.7 Å². The first-order chi connectivity index (χ1) is 14.1. The first kappa shape index (κ1) is 19.6. The van der Waals surface area contributed by atoms with Gasteiger partial charge in [-0.15, -0.1) is 0 Å². The largest absolute Gasteiger partial charge is 0.493 e. The fraction of sp³-hybridized carbons (Fsp3) is 0.478. The van der Waals surface area contributed by atoms with E-state index in [1.807, 2.05) is 19.1 Å². The summed E-state index contributed by atoms with van der Waals surface area (Å²) in [6.07, 6.45) is 5.46. The first-order valence-corrected chi connectivity index (χ1v) is 10.4. The minimum absolute atomic E-state index is 0.0496. The summed E-state index contributed by atoms with van der Waals surface area (Å²) in [4.78, 5) is 17.9. The number of anilines is 1. The van der Waals surface area contributed by atoms with Crippen LogP contribution in [-0.4, -0.2) is 36.7 Å². The third-order valence-corrected chi connectivity index (χ3v) is 5.50. The van der Waals surface area contributed by atoms with Crippen molar-refractivity contribution in [1.82, 2.24) is 10.3 Å². The molecular weight excluding hydrogens is 366 g/mol. The van der Waals surface area contributed by atoms with E-state index in [0.29, 0.717) is 5.88 Å². The Morgan fingerprint density at radius 2 is 2.00 bits per heavy atom. The van der Waals surface area contributed by atoms with E-state index in [0.717, 1.165) is 43.3 Å². The molecule has 2 aliphatic rings. The number of carbonyl (C=O) groups excluding carboxylic acids is 1. The molecule has 0 bridgehead atoms. The van der Waals surface area contributed by atoms with Crippen LogP contribution in [0.2, 0.25) is 0 Å². The molecule has 2 unspecified atom stereocenters. The zero-order chi connectivity index (χ0) is 20.2. The van der Waals surface area contributed by atoms with E-state index in [2.05, 4.69) is 39.5 Å². The Labute approximate surface area is 172 Å². The summed E-state index contributed by atoms with van der Waals surface area (Å²) in [5.74, 6) is 2.29. The van der Waals surface area contributed by atoms with Gasteiger partial charge in [0.1, 0.15) is 11.9 Å². The number of aromatic nitrogens is 1. The second kappa shape index (κ2) is 8.72. The van der Waals surface area contributed by atoms with Crippen LogP contribution in [0.1, 0.15) is 44.7 Å². The van der Waals surface area contributed by atoms with Crippen LogP contribution in [0, 0.1) is 5.92 Å². The number of pyridine rings is 1. The number of hydrogen-bond acceptors (Lipinski definition) is 5. The number of nitrogens with zero attached hydrogens (tertiary/aromatic N) is 2. The molecule has 1 aromatic heterocycles. The lowest BCUT2D eigenvalue weighted by Gasteiger charge is -2.19. The highest BCUT2D eigenvalue weighted by Gasteiger charge is 2.25. The summed E-state index contributed by atoms with van der Waals surface area (Å²) in [6.45, 7) is 6.10. The van der Waals surface area contributed by atoms with Crippen molar-refractivity contribution in [3.05, 3.63) is 48.2 Å². The lowest BCUT2D eigenvalue weighted by Crippen LogP contribution is -2.25.